The molecule has 0 saturated carbocycles. The van der Waals surface area contributed by atoms with Crippen LogP contribution in [0.25, 0.3) is 16.7 Å². The van der Waals surface area contributed by atoms with Gasteiger partial charge in [0.15, 0.2) is 11.1 Å². The second-order valence-electron chi connectivity index (χ2n) is 8.17. The Morgan fingerprint density at radius 1 is 1.24 bits per heavy atom. The van der Waals surface area contributed by atoms with Crippen LogP contribution in [0.3, 0.4) is 0 Å². The fourth-order valence-corrected chi connectivity index (χ4v) is 4.55. The molecule has 0 bridgehead atoms. The van der Waals surface area contributed by atoms with Crippen LogP contribution in [-0.4, -0.2) is 46.5 Å². The largest absolute Gasteiger partial charge is 0.494 e. The smallest absolute Gasteiger partial charge is 0.406 e. The molecule has 178 valence electrons. The van der Waals surface area contributed by atoms with Gasteiger partial charge < -0.3 is 19.6 Å². The molecule has 2 aromatic carbocycles. The van der Waals surface area contributed by atoms with E-state index in [-0.39, 0.29) is 23.7 Å². The Morgan fingerprint density at radius 3 is 2.62 bits per heavy atom. The fraction of sp³-hybridized carbons (Fsp3) is 0.304. The molecular weight excluding hydrogens is 453 g/mol. The number of aliphatic hydroxyl groups excluding tert-OH is 1. The number of aromatic nitrogens is 1. The molecule has 5 rings (SSSR count). The van der Waals surface area contributed by atoms with Gasteiger partial charge in [0, 0.05) is 5.70 Å². The quantitative estimate of drug-likeness (QED) is 0.535. The first kappa shape index (κ1) is 22.2. The van der Waals surface area contributed by atoms with E-state index in [4.69, 9.17) is 9.15 Å². The zero-order valence-corrected chi connectivity index (χ0v) is 18.2. The predicted molar refractivity (Wildman–Crippen MR) is 115 cm³/mol. The van der Waals surface area contributed by atoms with Crippen molar-refractivity contribution < 1.29 is 32.2 Å². The van der Waals surface area contributed by atoms with Crippen LogP contribution in [0.1, 0.15) is 29.9 Å². The maximum atomic E-state index is 14.0. The average Bonchev–Trinajstić information content (AvgIpc) is 3.40. The Morgan fingerprint density at radius 2 is 1.97 bits per heavy atom. The number of allylic oxidation sites excluding steroid dienone is 1. The predicted octanol–water partition coefficient (Wildman–Crippen LogP) is 3.05. The highest BCUT2D eigenvalue weighted by atomic mass is 19.4. The van der Waals surface area contributed by atoms with Gasteiger partial charge in [-0.15, -0.1) is 0 Å². The number of amides is 1. The number of benzene rings is 2. The first-order valence-electron chi connectivity index (χ1n) is 10.5. The van der Waals surface area contributed by atoms with Crippen molar-refractivity contribution in [3.63, 3.8) is 0 Å². The van der Waals surface area contributed by atoms with Crippen LogP contribution in [0.2, 0.25) is 0 Å². The number of fused-ring (bicyclic) bond motifs is 2. The molecule has 2 aliphatic heterocycles. The van der Waals surface area contributed by atoms with Crippen molar-refractivity contribution >= 4 is 22.6 Å². The van der Waals surface area contributed by atoms with Crippen LogP contribution >= 0.6 is 0 Å². The SMILES string of the molecule is COc1cc(CO)cc2oc(C3=C(C)NC4C(c5ccccc5)C(C(F)(F)F)NN4C3=O)nc12. The summed E-state index contributed by atoms with van der Waals surface area (Å²) in [7, 11) is 1.43. The highest BCUT2D eigenvalue weighted by Crippen LogP contribution is 2.42. The Balaban J connectivity index is 1.58. The molecule has 3 atom stereocenters. The molecule has 34 heavy (non-hydrogen) atoms. The van der Waals surface area contributed by atoms with Gasteiger partial charge in [-0.25, -0.2) is 15.4 Å². The first-order chi connectivity index (χ1) is 16.2. The lowest BCUT2D eigenvalue weighted by Gasteiger charge is -2.34. The zero-order valence-electron chi connectivity index (χ0n) is 18.2. The van der Waals surface area contributed by atoms with E-state index in [0.717, 1.165) is 5.01 Å². The lowest BCUT2D eigenvalue weighted by Crippen LogP contribution is -2.54. The Kier molecular flexibility index (Phi) is 5.25. The third-order valence-corrected chi connectivity index (χ3v) is 6.10. The van der Waals surface area contributed by atoms with E-state index in [2.05, 4.69) is 15.7 Å². The summed E-state index contributed by atoms with van der Waals surface area (Å²) in [5.41, 5.74) is 4.27. The maximum absolute atomic E-state index is 14.0. The standard InChI is InChI=1S/C23H21F3N4O4/c1-11-16(21-28-18-14(33-2)8-12(10-31)9-15(18)34-21)22(32)30-20(27-11)17(13-6-4-3-5-7-13)19(29-30)23(24,25)26/h3-9,17,19-20,27,29,31H,10H2,1-2H3. The van der Waals surface area contributed by atoms with Crippen molar-refractivity contribution in [2.75, 3.05) is 7.11 Å². The second kappa shape index (κ2) is 8.03. The summed E-state index contributed by atoms with van der Waals surface area (Å²) in [5.74, 6) is -1.49. The summed E-state index contributed by atoms with van der Waals surface area (Å²) < 4.78 is 53.0. The molecular formula is C23H21F3N4O4. The van der Waals surface area contributed by atoms with Gasteiger partial charge in [0.05, 0.1) is 19.6 Å². The lowest BCUT2D eigenvalue weighted by atomic mass is 9.89. The van der Waals surface area contributed by atoms with Crippen LogP contribution in [0.4, 0.5) is 13.2 Å². The minimum atomic E-state index is -4.60. The number of carbonyl (C=O) groups excluding carboxylic acids is 1. The van der Waals surface area contributed by atoms with Crippen LogP contribution in [-0.2, 0) is 11.4 Å². The number of halogens is 3. The van der Waals surface area contributed by atoms with Crippen molar-refractivity contribution in [2.24, 2.45) is 0 Å². The Bertz CT molecular complexity index is 1290. The Labute approximate surface area is 192 Å². The number of rotatable bonds is 4. The molecule has 1 fully saturated rings. The number of aliphatic hydroxyl groups is 1. The minimum Gasteiger partial charge on any atom is -0.494 e. The number of hydrogen-bond donors (Lipinski definition) is 3. The number of hydrazine groups is 1. The van der Waals surface area contributed by atoms with Crippen molar-refractivity contribution in [1.29, 1.82) is 0 Å². The van der Waals surface area contributed by atoms with Gasteiger partial charge in [0.25, 0.3) is 5.91 Å². The molecule has 3 N–H and O–H groups in total. The molecule has 0 radical (unpaired) electrons. The lowest BCUT2D eigenvalue weighted by molar-refractivity contribution is -0.161. The highest BCUT2D eigenvalue weighted by molar-refractivity contribution is 6.20. The van der Waals surface area contributed by atoms with Gasteiger partial charge in [-0.2, -0.15) is 13.2 Å². The third-order valence-electron chi connectivity index (χ3n) is 6.10. The van der Waals surface area contributed by atoms with Crippen LogP contribution < -0.4 is 15.5 Å². The van der Waals surface area contributed by atoms with E-state index in [1.54, 1.807) is 49.4 Å². The number of oxazole rings is 1. The number of nitrogens with zero attached hydrogens (tertiary/aromatic N) is 2. The number of carbonyl (C=O) groups is 1. The summed E-state index contributed by atoms with van der Waals surface area (Å²) >= 11 is 0. The van der Waals surface area contributed by atoms with E-state index in [1.165, 1.54) is 7.11 Å². The van der Waals surface area contributed by atoms with Gasteiger partial charge in [0.1, 0.15) is 23.5 Å². The van der Waals surface area contributed by atoms with Crippen molar-refractivity contribution in [1.82, 2.24) is 20.7 Å². The number of ether oxygens (including phenoxy) is 1. The van der Waals surface area contributed by atoms with Crippen molar-refractivity contribution in [3.8, 4) is 5.75 Å². The molecule has 2 aliphatic rings. The normalized spacial score (nSPS) is 22.8. The topological polar surface area (TPSA) is 99.9 Å². The molecule has 1 amide bonds. The highest BCUT2D eigenvalue weighted by Gasteiger charge is 2.58. The molecule has 1 saturated heterocycles. The van der Waals surface area contributed by atoms with E-state index in [1.807, 2.05) is 0 Å². The van der Waals surface area contributed by atoms with Gasteiger partial charge in [-0.3, -0.25) is 4.79 Å². The van der Waals surface area contributed by atoms with Crippen LogP contribution in [0.15, 0.2) is 52.6 Å². The number of hydrogen-bond acceptors (Lipinski definition) is 7. The molecule has 3 heterocycles. The molecule has 1 aromatic heterocycles. The fourth-order valence-electron chi connectivity index (χ4n) is 4.55. The minimum absolute atomic E-state index is 0.00203. The molecule has 0 aliphatic carbocycles. The number of nitrogens with one attached hydrogen (secondary N) is 2. The van der Waals surface area contributed by atoms with E-state index >= 15 is 0 Å². The third kappa shape index (κ3) is 3.48. The molecule has 11 heteroatoms. The first-order valence-corrected chi connectivity index (χ1v) is 10.5. The summed E-state index contributed by atoms with van der Waals surface area (Å²) in [4.78, 5) is 17.8. The van der Waals surface area contributed by atoms with E-state index in [9.17, 15) is 23.1 Å². The monoisotopic (exact) mass is 474 g/mol. The summed E-state index contributed by atoms with van der Waals surface area (Å²) in [6, 6.07) is 9.45. The molecule has 3 aromatic rings. The number of alkyl halides is 3. The average molecular weight is 474 g/mol. The van der Waals surface area contributed by atoms with Crippen molar-refractivity contribution in [3.05, 3.63) is 65.2 Å². The van der Waals surface area contributed by atoms with Gasteiger partial charge >= 0.3 is 6.18 Å². The van der Waals surface area contributed by atoms with Gasteiger partial charge in [-0.1, -0.05) is 30.3 Å². The molecule has 8 nitrogen and oxygen atoms in total. The van der Waals surface area contributed by atoms with E-state index in [0.29, 0.717) is 28.1 Å². The van der Waals surface area contributed by atoms with Crippen molar-refractivity contribution in [2.45, 2.75) is 37.8 Å². The summed E-state index contributed by atoms with van der Waals surface area (Å²) in [5, 5.41) is 13.5. The van der Waals surface area contributed by atoms with Gasteiger partial charge in [-0.05, 0) is 30.2 Å². The second-order valence-corrected chi connectivity index (χ2v) is 8.17. The number of methoxy groups -OCH3 is 1. The van der Waals surface area contributed by atoms with Gasteiger partial charge in [0.2, 0.25) is 5.89 Å². The van der Waals surface area contributed by atoms with Crippen LogP contribution in [0.5, 0.6) is 5.75 Å². The summed E-state index contributed by atoms with van der Waals surface area (Å²) in [6.45, 7) is 1.34. The van der Waals surface area contributed by atoms with E-state index < -0.39 is 30.2 Å². The Hall–Kier alpha value is -3.57. The maximum Gasteiger partial charge on any atom is 0.406 e. The molecule has 3 unspecified atom stereocenters. The van der Waals surface area contributed by atoms with Crippen LogP contribution in [0, 0.1) is 0 Å². The molecule has 0 spiro atoms. The summed E-state index contributed by atoms with van der Waals surface area (Å²) in [6.07, 6.45) is -5.57. The zero-order chi connectivity index (χ0) is 24.2.